The predicted molar refractivity (Wildman–Crippen MR) is 137 cm³/mol. The summed E-state index contributed by atoms with van der Waals surface area (Å²) in [4.78, 5) is 0. The summed E-state index contributed by atoms with van der Waals surface area (Å²) in [5, 5.41) is 9.99. The smallest absolute Gasteiger partial charge is 0.0332 e. The van der Waals surface area contributed by atoms with Crippen LogP contribution in [0.4, 0.5) is 0 Å². The van der Waals surface area contributed by atoms with Gasteiger partial charge in [0.25, 0.3) is 0 Å². The maximum Gasteiger partial charge on any atom is 0.0332 e. The van der Waals surface area contributed by atoms with Crippen molar-refractivity contribution in [2.24, 2.45) is 0 Å². The normalized spacial score (nSPS) is 11.7. The van der Waals surface area contributed by atoms with E-state index in [0.717, 1.165) is 8.95 Å². The molecule has 0 fully saturated rings. The molecule has 6 aromatic carbocycles. The lowest BCUT2D eigenvalue weighted by Gasteiger charge is -2.15. The van der Waals surface area contributed by atoms with Gasteiger partial charge in [-0.05, 0) is 98.2 Å². The van der Waals surface area contributed by atoms with Crippen LogP contribution < -0.4 is 0 Å². The molecule has 0 amide bonds. The molecule has 0 bridgehead atoms. The third kappa shape index (κ3) is 2.64. The van der Waals surface area contributed by atoms with Crippen LogP contribution in [0.1, 0.15) is 0 Å². The molecule has 0 aliphatic rings. The van der Waals surface area contributed by atoms with Crippen molar-refractivity contribution < 1.29 is 0 Å². The third-order valence-corrected chi connectivity index (χ3v) is 7.68. The van der Waals surface area contributed by atoms with Crippen LogP contribution in [0, 0.1) is 0 Å². The minimum Gasteiger partial charge on any atom is -0.0616 e. The zero-order chi connectivity index (χ0) is 20.2. The Labute approximate surface area is 191 Å². The van der Waals surface area contributed by atoms with E-state index in [1.54, 1.807) is 0 Å². The molecule has 0 aliphatic heterocycles. The number of benzene rings is 6. The second-order valence-corrected chi connectivity index (χ2v) is 9.21. The van der Waals surface area contributed by atoms with Crippen molar-refractivity contribution in [2.45, 2.75) is 0 Å². The van der Waals surface area contributed by atoms with E-state index in [-0.39, 0.29) is 0 Å². The van der Waals surface area contributed by atoms with Gasteiger partial charge in [0.05, 0.1) is 0 Å². The minimum atomic E-state index is 1.16. The number of rotatable bonds is 1. The SMILES string of the molecule is Brc1c2ccccc2cc2c(-c3cccc4c(Br)c5ccccc5cc34)cccc12. The summed E-state index contributed by atoms with van der Waals surface area (Å²) >= 11 is 7.75. The number of fused-ring (bicyclic) bond motifs is 4. The fourth-order valence-corrected chi connectivity index (χ4v) is 5.95. The van der Waals surface area contributed by atoms with Gasteiger partial charge >= 0.3 is 0 Å². The van der Waals surface area contributed by atoms with Gasteiger partial charge < -0.3 is 0 Å². The molecule has 142 valence electrons. The largest absolute Gasteiger partial charge is 0.0616 e. The van der Waals surface area contributed by atoms with E-state index in [4.69, 9.17) is 0 Å². The van der Waals surface area contributed by atoms with Gasteiger partial charge in [0.15, 0.2) is 0 Å². The second-order valence-electron chi connectivity index (χ2n) is 7.62. The maximum absolute atomic E-state index is 3.88. The first-order valence-electron chi connectivity index (χ1n) is 9.93. The van der Waals surface area contributed by atoms with Gasteiger partial charge in [-0.1, -0.05) is 84.9 Å². The lowest BCUT2D eigenvalue weighted by Crippen LogP contribution is -1.87. The lowest BCUT2D eigenvalue weighted by molar-refractivity contribution is 1.69. The average molecular weight is 512 g/mol. The molecule has 6 rings (SSSR count). The van der Waals surface area contributed by atoms with Crippen LogP contribution in [0.2, 0.25) is 0 Å². The van der Waals surface area contributed by atoms with Gasteiger partial charge in [-0.2, -0.15) is 0 Å². The van der Waals surface area contributed by atoms with E-state index in [1.165, 1.54) is 54.2 Å². The maximum atomic E-state index is 3.88. The Morgan fingerprint density at radius 3 is 1.23 bits per heavy atom. The van der Waals surface area contributed by atoms with Crippen LogP contribution >= 0.6 is 31.9 Å². The van der Waals surface area contributed by atoms with E-state index >= 15 is 0 Å². The fourth-order valence-electron chi connectivity index (χ4n) is 4.54. The molecule has 6 aromatic rings. The Hall–Kier alpha value is -2.68. The standard InChI is InChI=1S/C28H16Br2/c29-27-19-9-3-1-7-17(19)15-25-21(11-5-13-23(25)27)22-12-6-14-24-26(22)16-18-8-2-4-10-20(18)28(24)30/h1-16H. The van der Waals surface area contributed by atoms with Gasteiger partial charge in [-0.25, -0.2) is 0 Å². The van der Waals surface area contributed by atoms with Crippen LogP contribution in [0.15, 0.2) is 106 Å². The summed E-state index contributed by atoms with van der Waals surface area (Å²) in [6.07, 6.45) is 0. The molecular weight excluding hydrogens is 496 g/mol. The van der Waals surface area contributed by atoms with Gasteiger partial charge in [0, 0.05) is 8.95 Å². The van der Waals surface area contributed by atoms with Crippen molar-refractivity contribution in [1.82, 2.24) is 0 Å². The molecule has 0 saturated heterocycles. The third-order valence-electron chi connectivity index (χ3n) is 5.97. The highest BCUT2D eigenvalue weighted by Crippen LogP contribution is 2.42. The number of halogens is 2. The van der Waals surface area contributed by atoms with E-state index in [2.05, 4.69) is 129 Å². The number of hydrogen-bond acceptors (Lipinski definition) is 0. The molecule has 30 heavy (non-hydrogen) atoms. The monoisotopic (exact) mass is 510 g/mol. The van der Waals surface area contributed by atoms with Gasteiger partial charge in [-0.15, -0.1) is 0 Å². The molecule has 0 radical (unpaired) electrons. The summed E-state index contributed by atoms with van der Waals surface area (Å²) in [5.41, 5.74) is 2.51. The van der Waals surface area contributed by atoms with Crippen molar-refractivity contribution in [1.29, 1.82) is 0 Å². The van der Waals surface area contributed by atoms with Crippen molar-refractivity contribution in [3.05, 3.63) is 106 Å². The van der Waals surface area contributed by atoms with Crippen LogP contribution in [0.3, 0.4) is 0 Å². The molecular formula is C28H16Br2. The quantitative estimate of drug-likeness (QED) is 0.193. The predicted octanol–water partition coefficient (Wildman–Crippen LogP) is 9.49. The van der Waals surface area contributed by atoms with Crippen LogP contribution in [0.25, 0.3) is 54.2 Å². The Kier molecular flexibility index (Phi) is 4.19. The molecule has 0 nitrogen and oxygen atoms in total. The summed E-state index contributed by atoms with van der Waals surface area (Å²) in [6.45, 7) is 0. The van der Waals surface area contributed by atoms with Gasteiger partial charge in [-0.3, -0.25) is 0 Å². The molecule has 0 N–H and O–H groups in total. The van der Waals surface area contributed by atoms with Gasteiger partial charge in [0.2, 0.25) is 0 Å². The molecule has 0 saturated carbocycles. The Balaban J connectivity index is 1.76. The molecule has 0 aliphatic carbocycles. The van der Waals surface area contributed by atoms with Crippen molar-refractivity contribution in [3.8, 4) is 11.1 Å². The van der Waals surface area contributed by atoms with E-state index in [0.29, 0.717) is 0 Å². The van der Waals surface area contributed by atoms with Crippen LogP contribution in [-0.4, -0.2) is 0 Å². The second kappa shape index (κ2) is 6.94. The van der Waals surface area contributed by atoms with Crippen molar-refractivity contribution in [3.63, 3.8) is 0 Å². The minimum absolute atomic E-state index is 1.16. The molecule has 0 heterocycles. The molecule has 2 heteroatoms. The molecule has 0 unspecified atom stereocenters. The summed E-state index contributed by atoms with van der Waals surface area (Å²) < 4.78 is 2.31. The summed E-state index contributed by atoms with van der Waals surface area (Å²) in [5.74, 6) is 0. The topological polar surface area (TPSA) is 0 Å². The van der Waals surface area contributed by atoms with E-state index in [1.807, 2.05) is 0 Å². The zero-order valence-corrected chi connectivity index (χ0v) is 19.2. The Bertz CT molecular complexity index is 1490. The molecule has 0 spiro atoms. The Morgan fingerprint density at radius 2 is 0.767 bits per heavy atom. The average Bonchev–Trinajstić information content (AvgIpc) is 2.79. The number of hydrogen-bond donors (Lipinski definition) is 0. The van der Waals surface area contributed by atoms with Crippen molar-refractivity contribution in [2.75, 3.05) is 0 Å². The lowest BCUT2D eigenvalue weighted by atomic mass is 9.91. The Morgan fingerprint density at radius 1 is 0.367 bits per heavy atom. The summed E-state index contributed by atoms with van der Waals surface area (Å²) in [7, 11) is 0. The highest BCUT2D eigenvalue weighted by atomic mass is 79.9. The molecule has 0 aromatic heterocycles. The van der Waals surface area contributed by atoms with Crippen molar-refractivity contribution >= 4 is 74.9 Å². The highest BCUT2D eigenvalue weighted by Gasteiger charge is 2.14. The molecule has 0 atom stereocenters. The highest BCUT2D eigenvalue weighted by molar-refractivity contribution is 9.11. The van der Waals surface area contributed by atoms with Crippen LogP contribution in [-0.2, 0) is 0 Å². The first-order valence-corrected chi connectivity index (χ1v) is 11.5. The van der Waals surface area contributed by atoms with E-state index < -0.39 is 0 Å². The van der Waals surface area contributed by atoms with E-state index in [9.17, 15) is 0 Å². The fraction of sp³-hybridized carbons (Fsp3) is 0. The summed E-state index contributed by atoms with van der Waals surface area (Å²) in [6, 6.07) is 34.9. The first-order chi connectivity index (χ1) is 14.7. The van der Waals surface area contributed by atoms with Crippen LogP contribution in [0.5, 0.6) is 0 Å². The first kappa shape index (κ1) is 18.1. The van der Waals surface area contributed by atoms with Gasteiger partial charge in [0.1, 0.15) is 0 Å². The zero-order valence-electron chi connectivity index (χ0n) is 16.0.